The lowest BCUT2D eigenvalue weighted by molar-refractivity contribution is 0.175. The molecule has 0 radical (unpaired) electrons. The molecular formula is C17H13Cl2NO. The number of hydrogen-bond donors (Lipinski definition) is 1. The van der Waals surface area contributed by atoms with Crippen LogP contribution in [0.2, 0.25) is 10.0 Å². The Morgan fingerprint density at radius 1 is 1.00 bits per heavy atom. The highest BCUT2D eigenvalue weighted by Gasteiger charge is 2.14. The molecule has 3 aromatic rings. The molecule has 2 aromatic carbocycles. The third kappa shape index (κ3) is 3.03. The first kappa shape index (κ1) is 14.3. The van der Waals surface area contributed by atoms with Crippen molar-refractivity contribution in [2.45, 2.75) is 12.5 Å². The molecule has 0 saturated carbocycles. The van der Waals surface area contributed by atoms with E-state index in [-0.39, 0.29) is 0 Å². The van der Waals surface area contributed by atoms with Gasteiger partial charge in [0, 0.05) is 18.0 Å². The molecule has 0 fully saturated rings. The van der Waals surface area contributed by atoms with Crippen LogP contribution < -0.4 is 0 Å². The first-order chi connectivity index (χ1) is 10.1. The first-order valence-electron chi connectivity index (χ1n) is 6.61. The molecule has 0 aliphatic rings. The van der Waals surface area contributed by atoms with Crippen LogP contribution in [-0.2, 0) is 6.42 Å². The average molecular weight is 318 g/mol. The van der Waals surface area contributed by atoms with Crippen molar-refractivity contribution in [3.05, 3.63) is 76.0 Å². The summed E-state index contributed by atoms with van der Waals surface area (Å²) >= 11 is 11.9. The number of rotatable bonds is 3. The Bertz CT molecular complexity index is 783. The Labute approximate surface area is 133 Å². The van der Waals surface area contributed by atoms with Crippen molar-refractivity contribution < 1.29 is 5.11 Å². The normalized spacial score (nSPS) is 12.5. The predicted octanol–water partition coefficient (Wildman–Crippen LogP) is 4.82. The van der Waals surface area contributed by atoms with E-state index in [4.69, 9.17) is 23.2 Å². The number of halogens is 2. The summed E-state index contributed by atoms with van der Waals surface area (Å²) < 4.78 is 0. The molecule has 1 atom stereocenters. The maximum atomic E-state index is 10.5. The van der Waals surface area contributed by atoms with Gasteiger partial charge in [0.1, 0.15) is 6.10 Å². The van der Waals surface area contributed by atoms with Gasteiger partial charge in [-0.15, -0.1) is 0 Å². The van der Waals surface area contributed by atoms with E-state index in [0.29, 0.717) is 22.2 Å². The Morgan fingerprint density at radius 2 is 1.81 bits per heavy atom. The molecule has 1 heterocycles. The minimum absolute atomic E-state index is 0.442. The minimum Gasteiger partial charge on any atom is -0.386 e. The Kier molecular flexibility index (Phi) is 4.11. The maximum Gasteiger partial charge on any atom is 0.101 e. The van der Waals surface area contributed by atoms with E-state index in [1.807, 2.05) is 36.4 Å². The number of benzene rings is 2. The molecule has 0 bridgehead atoms. The minimum atomic E-state index is -0.687. The molecule has 0 aliphatic heterocycles. The zero-order valence-corrected chi connectivity index (χ0v) is 12.6. The lowest BCUT2D eigenvalue weighted by atomic mass is 10.0. The largest absolute Gasteiger partial charge is 0.386 e. The van der Waals surface area contributed by atoms with Gasteiger partial charge in [-0.3, -0.25) is 4.98 Å². The summed E-state index contributed by atoms with van der Waals surface area (Å²) in [6.45, 7) is 0. The van der Waals surface area contributed by atoms with Crippen LogP contribution in [0.4, 0.5) is 0 Å². The van der Waals surface area contributed by atoms with Crippen LogP contribution in [0, 0.1) is 0 Å². The van der Waals surface area contributed by atoms with Gasteiger partial charge in [0.05, 0.1) is 15.7 Å². The molecule has 21 heavy (non-hydrogen) atoms. The van der Waals surface area contributed by atoms with Crippen LogP contribution >= 0.6 is 23.2 Å². The summed E-state index contributed by atoms with van der Waals surface area (Å²) in [5, 5.41) is 13.5. The topological polar surface area (TPSA) is 33.1 Å². The zero-order valence-electron chi connectivity index (χ0n) is 11.1. The molecule has 2 nitrogen and oxygen atoms in total. The molecule has 1 unspecified atom stereocenters. The van der Waals surface area contributed by atoms with Gasteiger partial charge in [0.15, 0.2) is 0 Å². The molecular weight excluding hydrogens is 305 g/mol. The Balaban J connectivity index is 1.93. The lowest BCUT2D eigenvalue weighted by Gasteiger charge is -2.13. The van der Waals surface area contributed by atoms with Gasteiger partial charge < -0.3 is 5.11 Å². The van der Waals surface area contributed by atoms with Gasteiger partial charge in [-0.05, 0) is 29.1 Å². The Hall–Kier alpha value is -1.61. The van der Waals surface area contributed by atoms with Crippen molar-refractivity contribution >= 4 is 34.0 Å². The number of aromatic nitrogens is 1. The van der Waals surface area contributed by atoms with Gasteiger partial charge in [-0.1, -0.05) is 53.5 Å². The summed E-state index contributed by atoms with van der Waals surface area (Å²) in [5.41, 5.74) is 1.60. The van der Waals surface area contributed by atoms with Crippen molar-refractivity contribution in [2.75, 3.05) is 0 Å². The smallest absolute Gasteiger partial charge is 0.101 e. The summed E-state index contributed by atoms with van der Waals surface area (Å²) in [6.07, 6.45) is 1.47. The molecule has 0 spiro atoms. The molecule has 3 rings (SSSR count). The van der Waals surface area contributed by atoms with E-state index in [1.165, 1.54) is 0 Å². The van der Waals surface area contributed by atoms with Crippen LogP contribution in [-0.4, -0.2) is 10.1 Å². The molecule has 1 N–H and O–H groups in total. The Morgan fingerprint density at radius 3 is 2.62 bits per heavy atom. The van der Waals surface area contributed by atoms with E-state index < -0.39 is 6.10 Å². The van der Waals surface area contributed by atoms with Crippen molar-refractivity contribution in [1.82, 2.24) is 4.98 Å². The summed E-state index contributed by atoms with van der Waals surface area (Å²) in [4.78, 5) is 4.33. The highest BCUT2D eigenvalue weighted by Crippen LogP contribution is 2.27. The number of fused-ring (bicyclic) bond motifs is 1. The third-order valence-electron chi connectivity index (χ3n) is 3.43. The van der Waals surface area contributed by atoms with Crippen LogP contribution in [0.3, 0.4) is 0 Å². The fourth-order valence-corrected chi connectivity index (χ4v) is 2.72. The third-order valence-corrected chi connectivity index (χ3v) is 4.17. The van der Waals surface area contributed by atoms with Crippen LogP contribution in [0.25, 0.3) is 10.8 Å². The maximum absolute atomic E-state index is 10.5. The van der Waals surface area contributed by atoms with Gasteiger partial charge in [-0.25, -0.2) is 0 Å². The number of pyridine rings is 1. The summed E-state index contributed by atoms with van der Waals surface area (Å²) in [5.74, 6) is 0. The van der Waals surface area contributed by atoms with Crippen molar-refractivity contribution in [3.8, 4) is 0 Å². The SMILES string of the molecule is OC(Cc1ccc(Cl)c(Cl)c1)c1nccc2ccccc12. The molecule has 0 amide bonds. The number of hydrogen-bond acceptors (Lipinski definition) is 2. The zero-order chi connectivity index (χ0) is 14.8. The fourth-order valence-electron chi connectivity index (χ4n) is 2.40. The van der Waals surface area contributed by atoms with Crippen LogP contribution in [0.1, 0.15) is 17.4 Å². The van der Waals surface area contributed by atoms with Crippen LogP contribution in [0.5, 0.6) is 0 Å². The van der Waals surface area contributed by atoms with Crippen molar-refractivity contribution in [3.63, 3.8) is 0 Å². The van der Waals surface area contributed by atoms with Gasteiger partial charge in [-0.2, -0.15) is 0 Å². The second-order valence-electron chi connectivity index (χ2n) is 4.89. The van der Waals surface area contributed by atoms with E-state index in [0.717, 1.165) is 16.3 Å². The van der Waals surface area contributed by atoms with Crippen molar-refractivity contribution in [1.29, 1.82) is 0 Å². The van der Waals surface area contributed by atoms with Crippen molar-refractivity contribution in [2.24, 2.45) is 0 Å². The highest BCUT2D eigenvalue weighted by atomic mass is 35.5. The van der Waals surface area contributed by atoms with Gasteiger partial charge in [0.25, 0.3) is 0 Å². The molecule has 0 saturated heterocycles. The van der Waals surface area contributed by atoms with E-state index in [2.05, 4.69) is 4.98 Å². The van der Waals surface area contributed by atoms with Gasteiger partial charge in [0.2, 0.25) is 0 Å². The second kappa shape index (κ2) is 6.02. The summed E-state index contributed by atoms with van der Waals surface area (Å²) in [7, 11) is 0. The monoisotopic (exact) mass is 317 g/mol. The number of aliphatic hydroxyl groups is 1. The molecule has 1 aromatic heterocycles. The van der Waals surface area contributed by atoms with E-state index in [1.54, 1.807) is 18.3 Å². The predicted molar refractivity (Wildman–Crippen MR) is 86.9 cm³/mol. The summed E-state index contributed by atoms with van der Waals surface area (Å²) in [6, 6.07) is 15.2. The first-order valence-corrected chi connectivity index (χ1v) is 7.36. The highest BCUT2D eigenvalue weighted by molar-refractivity contribution is 6.42. The fraction of sp³-hybridized carbons (Fsp3) is 0.118. The lowest BCUT2D eigenvalue weighted by Crippen LogP contribution is -2.05. The average Bonchev–Trinajstić information content (AvgIpc) is 2.50. The van der Waals surface area contributed by atoms with E-state index in [9.17, 15) is 5.11 Å². The van der Waals surface area contributed by atoms with Gasteiger partial charge >= 0.3 is 0 Å². The molecule has 0 aliphatic carbocycles. The quantitative estimate of drug-likeness (QED) is 0.751. The number of aliphatic hydroxyl groups excluding tert-OH is 1. The standard InChI is InChI=1S/C17H13Cl2NO/c18-14-6-5-11(9-15(14)19)10-16(21)17-13-4-2-1-3-12(13)7-8-20-17/h1-9,16,21H,10H2. The van der Waals surface area contributed by atoms with E-state index >= 15 is 0 Å². The molecule has 106 valence electrons. The molecule has 4 heteroatoms. The second-order valence-corrected chi connectivity index (χ2v) is 5.70. The number of nitrogens with zero attached hydrogens (tertiary/aromatic N) is 1. The van der Waals surface area contributed by atoms with Crippen LogP contribution in [0.15, 0.2) is 54.7 Å².